The van der Waals surface area contributed by atoms with Crippen LogP contribution < -0.4 is 0 Å². The van der Waals surface area contributed by atoms with Crippen LogP contribution in [-0.4, -0.2) is 32.1 Å². The zero-order valence-electron chi connectivity index (χ0n) is 9.07. The Balaban J connectivity index is 2.61. The van der Waals surface area contributed by atoms with Crippen molar-refractivity contribution in [1.82, 2.24) is 9.97 Å². The molecule has 2 aromatic rings. The van der Waals surface area contributed by atoms with Gasteiger partial charge in [-0.3, -0.25) is 0 Å². The minimum absolute atomic E-state index is 0.114. The highest BCUT2D eigenvalue weighted by Crippen LogP contribution is 2.19. The second kappa shape index (κ2) is 4.62. The highest BCUT2D eigenvalue weighted by Gasteiger charge is 2.13. The zero-order valence-corrected chi connectivity index (χ0v) is 9.07. The number of carboxylic acid groups (broad SMARTS) is 2. The summed E-state index contributed by atoms with van der Waals surface area (Å²) in [6, 6.07) is 5.38. The highest BCUT2D eigenvalue weighted by atomic mass is 16.4. The van der Waals surface area contributed by atoms with Gasteiger partial charge in [0.15, 0.2) is 5.82 Å². The molecule has 18 heavy (non-hydrogen) atoms. The molecule has 0 aliphatic rings. The van der Waals surface area contributed by atoms with Gasteiger partial charge in [0.25, 0.3) is 0 Å². The van der Waals surface area contributed by atoms with Gasteiger partial charge in [-0.1, -0.05) is 0 Å². The third kappa shape index (κ3) is 2.32. The summed E-state index contributed by atoms with van der Waals surface area (Å²) in [5.41, 5.74) is 0.127. The fourth-order valence-corrected chi connectivity index (χ4v) is 1.45. The number of aromatic carboxylic acids is 2. The topological polar surface area (TPSA) is 100 Å². The first-order chi connectivity index (χ1) is 8.58. The number of aromatic nitrogens is 2. The van der Waals surface area contributed by atoms with E-state index in [0.717, 1.165) is 6.07 Å². The smallest absolute Gasteiger partial charge is 0.335 e. The molecule has 0 saturated heterocycles. The van der Waals surface area contributed by atoms with E-state index in [1.165, 1.54) is 24.5 Å². The van der Waals surface area contributed by atoms with Crippen LogP contribution in [0.3, 0.4) is 0 Å². The molecular weight excluding hydrogens is 236 g/mol. The van der Waals surface area contributed by atoms with E-state index in [9.17, 15) is 9.59 Å². The average Bonchev–Trinajstić information content (AvgIpc) is 2.39. The molecule has 0 unspecified atom stereocenters. The fourth-order valence-electron chi connectivity index (χ4n) is 1.45. The van der Waals surface area contributed by atoms with Gasteiger partial charge in [0.2, 0.25) is 0 Å². The summed E-state index contributed by atoms with van der Waals surface area (Å²) in [7, 11) is 0. The van der Waals surface area contributed by atoms with Crippen molar-refractivity contribution >= 4 is 11.9 Å². The van der Waals surface area contributed by atoms with Crippen molar-refractivity contribution in [3.63, 3.8) is 0 Å². The maximum absolute atomic E-state index is 10.9. The Hall–Kier alpha value is -2.76. The molecule has 2 rings (SSSR count). The van der Waals surface area contributed by atoms with E-state index in [-0.39, 0.29) is 17.0 Å². The van der Waals surface area contributed by atoms with Crippen LogP contribution in [0.25, 0.3) is 11.4 Å². The van der Waals surface area contributed by atoms with E-state index in [4.69, 9.17) is 10.2 Å². The van der Waals surface area contributed by atoms with Crippen molar-refractivity contribution in [2.75, 3.05) is 0 Å². The van der Waals surface area contributed by atoms with Gasteiger partial charge in [-0.2, -0.15) is 0 Å². The van der Waals surface area contributed by atoms with E-state index in [1.54, 1.807) is 6.07 Å². The van der Waals surface area contributed by atoms with Crippen molar-refractivity contribution in [2.45, 2.75) is 0 Å². The minimum Gasteiger partial charge on any atom is -0.478 e. The Kier molecular flexibility index (Phi) is 3.01. The SMILES string of the molecule is O=C(O)c1cc(C(=O)O)cc(-c2ncccn2)c1. The molecule has 0 aliphatic heterocycles. The standard InChI is InChI=1S/C12H8N2O4/c15-11(16)8-4-7(5-9(6-8)12(17)18)10-13-2-1-3-14-10/h1-6H,(H,15,16)(H,17,18). The van der Waals surface area contributed by atoms with Gasteiger partial charge >= 0.3 is 11.9 Å². The van der Waals surface area contributed by atoms with Crippen molar-refractivity contribution in [1.29, 1.82) is 0 Å². The van der Waals surface area contributed by atoms with Crippen LogP contribution in [-0.2, 0) is 0 Å². The molecule has 1 aromatic carbocycles. The molecule has 0 atom stereocenters. The highest BCUT2D eigenvalue weighted by molar-refractivity contribution is 5.95. The van der Waals surface area contributed by atoms with Gasteiger partial charge in [0, 0.05) is 18.0 Å². The lowest BCUT2D eigenvalue weighted by Crippen LogP contribution is -2.03. The molecule has 6 heteroatoms. The van der Waals surface area contributed by atoms with Crippen LogP contribution in [0.4, 0.5) is 0 Å². The summed E-state index contributed by atoms with van der Waals surface area (Å²) in [6.45, 7) is 0. The second-order valence-electron chi connectivity index (χ2n) is 3.48. The first kappa shape index (κ1) is 11.7. The average molecular weight is 244 g/mol. The van der Waals surface area contributed by atoms with Crippen LogP contribution in [0.15, 0.2) is 36.7 Å². The van der Waals surface area contributed by atoms with Gasteiger partial charge in [-0.25, -0.2) is 19.6 Å². The number of carboxylic acids is 2. The van der Waals surface area contributed by atoms with Crippen LogP contribution >= 0.6 is 0 Å². The summed E-state index contributed by atoms with van der Waals surface area (Å²) >= 11 is 0. The molecule has 1 heterocycles. The largest absolute Gasteiger partial charge is 0.478 e. The molecule has 0 fully saturated rings. The van der Waals surface area contributed by atoms with Gasteiger partial charge < -0.3 is 10.2 Å². The Morgan fingerprint density at radius 2 is 1.39 bits per heavy atom. The van der Waals surface area contributed by atoms with Gasteiger partial charge in [-0.05, 0) is 24.3 Å². The summed E-state index contributed by atoms with van der Waals surface area (Å²) in [5.74, 6) is -2.12. The van der Waals surface area contributed by atoms with E-state index >= 15 is 0 Å². The first-order valence-corrected chi connectivity index (χ1v) is 4.97. The molecule has 0 spiro atoms. The molecule has 90 valence electrons. The Labute approximate surface area is 102 Å². The summed E-state index contributed by atoms with van der Waals surface area (Å²) < 4.78 is 0. The second-order valence-corrected chi connectivity index (χ2v) is 3.48. The Bertz CT molecular complexity index is 578. The molecule has 1 aromatic heterocycles. The number of hydrogen-bond donors (Lipinski definition) is 2. The lowest BCUT2D eigenvalue weighted by atomic mass is 10.1. The van der Waals surface area contributed by atoms with Gasteiger partial charge in [0.1, 0.15) is 0 Å². The summed E-state index contributed by atoms with van der Waals surface area (Å²) in [6.07, 6.45) is 2.99. The van der Waals surface area contributed by atoms with E-state index < -0.39 is 11.9 Å². The van der Waals surface area contributed by atoms with Gasteiger partial charge in [-0.15, -0.1) is 0 Å². The monoisotopic (exact) mass is 244 g/mol. The molecule has 2 N–H and O–H groups in total. The van der Waals surface area contributed by atoms with Crippen LogP contribution in [0, 0.1) is 0 Å². The lowest BCUT2D eigenvalue weighted by molar-refractivity contribution is 0.0696. The third-order valence-corrected chi connectivity index (χ3v) is 2.25. The lowest BCUT2D eigenvalue weighted by Gasteiger charge is -2.03. The molecule has 6 nitrogen and oxygen atoms in total. The number of nitrogens with zero attached hydrogens (tertiary/aromatic N) is 2. The summed E-state index contributed by atoms with van der Waals surface area (Å²) in [4.78, 5) is 29.8. The zero-order chi connectivity index (χ0) is 13.1. The Morgan fingerprint density at radius 1 is 0.889 bits per heavy atom. The number of benzene rings is 1. The molecule has 0 bridgehead atoms. The van der Waals surface area contributed by atoms with E-state index in [1.807, 2.05) is 0 Å². The van der Waals surface area contributed by atoms with Crippen molar-refractivity contribution in [3.8, 4) is 11.4 Å². The maximum atomic E-state index is 10.9. The fraction of sp³-hybridized carbons (Fsp3) is 0. The third-order valence-electron chi connectivity index (χ3n) is 2.25. The quantitative estimate of drug-likeness (QED) is 0.849. The molecule has 0 radical (unpaired) electrons. The van der Waals surface area contributed by atoms with E-state index in [0.29, 0.717) is 5.56 Å². The molecule has 0 amide bonds. The Morgan fingerprint density at radius 3 is 1.83 bits per heavy atom. The predicted molar refractivity (Wildman–Crippen MR) is 61.4 cm³/mol. The first-order valence-electron chi connectivity index (χ1n) is 4.97. The van der Waals surface area contributed by atoms with Crippen LogP contribution in [0.5, 0.6) is 0 Å². The number of rotatable bonds is 3. The molecule has 0 saturated carbocycles. The van der Waals surface area contributed by atoms with Gasteiger partial charge in [0.05, 0.1) is 11.1 Å². The minimum atomic E-state index is -1.20. The van der Waals surface area contributed by atoms with Crippen LogP contribution in [0.2, 0.25) is 0 Å². The number of carbonyl (C=O) groups is 2. The van der Waals surface area contributed by atoms with Crippen molar-refractivity contribution < 1.29 is 19.8 Å². The maximum Gasteiger partial charge on any atom is 0.335 e. The number of hydrogen-bond acceptors (Lipinski definition) is 4. The van der Waals surface area contributed by atoms with Crippen molar-refractivity contribution in [3.05, 3.63) is 47.8 Å². The van der Waals surface area contributed by atoms with E-state index in [2.05, 4.69) is 9.97 Å². The molecular formula is C12H8N2O4. The summed E-state index contributed by atoms with van der Waals surface area (Å²) in [5, 5.41) is 17.9. The van der Waals surface area contributed by atoms with Crippen LogP contribution in [0.1, 0.15) is 20.7 Å². The predicted octanol–water partition coefficient (Wildman–Crippen LogP) is 1.54. The van der Waals surface area contributed by atoms with Crippen molar-refractivity contribution in [2.24, 2.45) is 0 Å². The normalized spacial score (nSPS) is 10.0. The molecule has 0 aliphatic carbocycles.